The van der Waals surface area contributed by atoms with E-state index in [2.05, 4.69) is 31.3 Å². The van der Waals surface area contributed by atoms with E-state index in [0.29, 0.717) is 11.8 Å². The molecular formula is C19H29NO3. The number of hydrogen-bond acceptors (Lipinski definition) is 3. The maximum Gasteiger partial charge on any atom is 0.261 e. The van der Waals surface area contributed by atoms with Crippen LogP contribution >= 0.6 is 0 Å². The van der Waals surface area contributed by atoms with Gasteiger partial charge in [0.1, 0.15) is 5.75 Å². The summed E-state index contributed by atoms with van der Waals surface area (Å²) >= 11 is 0. The lowest BCUT2D eigenvalue weighted by Gasteiger charge is -2.30. The van der Waals surface area contributed by atoms with Crippen molar-refractivity contribution in [3.05, 3.63) is 29.3 Å². The lowest BCUT2D eigenvalue weighted by atomic mass is 9.96. The van der Waals surface area contributed by atoms with Crippen LogP contribution in [0.5, 0.6) is 5.75 Å². The minimum atomic E-state index is -0.598. The molecule has 23 heavy (non-hydrogen) atoms. The smallest absolute Gasteiger partial charge is 0.261 e. The third kappa shape index (κ3) is 4.25. The number of hydrogen-bond donors (Lipinski definition) is 2. The van der Waals surface area contributed by atoms with Gasteiger partial charge in [0.25, 0.3) is 5.91 Å². The van der Waals surface area contributed by atoms with Crippen molar-refractivity contribution in [1.29, 1.82) is 0 Å². The van der Waals surface area contributed by atoms with Crippen LogP contribution in [0.3, 0.4) is 0 Å². The van der Waals surface area contributed by atoms with Crippen molar-refractivity contribution in [1.82, 2.24) is 5.32 Å². The summed E-state index contributed by atoms with van der Waals surface area (Å²) in [4.78, 5) is 12.5. The summed E-state index contributed by atoms with van der Waals surface area (Å²) in [6, 6.07) is 6.09. The average molecular weight is 319 g/mol. The standard InChI is InChI=1S/C19H29NO3/c1-12(2)16-9-6-13(3)10-17(16)23-14(4)18(22)20-19(5,11-21)15-7-8-15/h6,9-10,12,14-15,21H,7-8,11H2,1-5H3,(H,20,22). The molecule has 2 rings (SSSR count). The van der Waals surface area contributed by atoms with E-state index in [0.717, 1.165) is 29.7 Å². The average Bonchev–Trinajstić information content (AvgIpc) is 3.31. The zero-order valence-corrected chi connectivity index (χ0v) is 14.8. The number of carbonyl (C=O) groups excluding carboxylic acids is 1. The van der Waals surface area contributed by atoms with E-state index in [1.807, 2.05) is 19.9 Å². The molecule has 0 spiro atoms. The number of aliphatic hydroxyl groups excluding tert-OH is 1. The summed E-state index contributed by atoms with van der Waals surface area (Å²) < 4.78 is 5.95. The van der Waals surface area contributed by atoms with E-state index in [9.17, 15) is 9.90 Å². The molecule has 2 N–H and O–H groups in total. The van der Waals surface area contributed by atoms with Gasteiger partial charge in [-0.1, -0.05) is 26.0 Å². The van der Waals surface area contributed by atoms with Gasteiger partial charge in [0.15, 0.2) is 6.10 Å². The topological polar surface area (TPSA) is 58.6 Å². The molecule has 1 amide bonds. The highest BCUT2D eigenvalue weighted by Crippen LogP contribution is 2.39. The van der Waals surface area contributed by atoms with E-state index in [1.54, 1.807) is 6.92 Å². The molecule has 1 aliphatic carbocycles. The van der Waals surface area contributed by atoms with Crippen LogP contribution in [0.25, 0.3) is 0 Å². The fraction of sp³-hybridized carbons (Fsp3) is 0.632. The number of aliphatic hydroxyl groups is 1. The van der Waals surface area contributed by atoms with Crippen molar-refractivity contribution >= 4 is 5.91 Å². The zero-order valence-electron chi connectivity index (χ0n) is 14.8. The Morgan fingerprint density at radius 1 is 1.39 bits per heavy atom. The molecule has 0 bridgehead atoms. The predicted molar refractivity (Wildman–Crippen MR) is 91.7 cm³/mol. The van der Waals surface area contributed by atoms with Gasteiger partial charge in [0, 0.05) is 0 Å². The Morgan fingerprint density at radius 2 is 2.04 bits per heavy atom. The Morgan fingerprint density at radius 3 is 2.57 bits per heavy atom. The molecule has 1 fully saturated rings. The number of rotatable bonds is 7. The second-order valence-corrected chi connectivity index (χ2v) is 7.30. The zero-order chi connectivity index (χ0) is 17.2. The van der Waals surface area contributed by atoms with Crippen LogP contribution in [-0.4, -0.2) is 29.3 Å². The molecule has 4 heteroatoms. The Hall–Kier alpha value is -1.55. The number of carbonyl (C=O) groups is 1. The molecule has 1 saturated carbocycles. The summed E-state index contributed by atoms with van der Waals surface area (Å²) in [5.74, 6) is 1.29. The third-order valence-electron chi connectivity index (χ3n) is 4.68. The maximum atomic E-state index is 12.5. The second-order valence-electron chi connectivity index (χ2n) is 7.30. The molecule has 4 nitrogen and oxygen atoms in total. The minimum absolute atomic E-state index is 0.0438. The van der Waals surface area contributed by atoms with Crippen molar-refractivity contribution in [2.75, 3.05) is 6.61 Å². The molecule has 1 aliphatic rings. The fourth-order valence-electron chi connectivity index (χ4n) is 2.84. The number of aryl methyl sites for hydroxylation is 1. The normalized spacial score (nSPS) is 18.4. The van der Waals surface area contributed by atoms with Crippen molar-refractivity contribution in [3.8, 4) is 5.75 Å². The number of nitrogens with one attached hydrogen (secondary N) is 1. The monoisotopic (exact) mass is 319 g/mol. The van der Waals surface area contributed by atoms with E-state index >= 15 is 0 Å². The van der Waals surface area contributed by atoms with Gasteiger partial charge in [0.2, 0.25) is 0 Å². The summed E-state index contributed by atoms with van der Waals surface area (Å²) in [5.41, 5.74) is 1.67. The molecule has 2 atom stereocenters. The molecule has 2 unspecified atom stereocenters. The molecular weight excluding hydrogens is 290 g/mol. The van der Waals surface area contributed by atoms with Gasteiger partial charge in [0.05, 0.1) is 12.1 Å². The summed E-state index contributed by atoms with van der Waals surface area (Å²) in [5, 5.41) is 12.6. The van der Waals surface area contributed by atoms with Crippen LogP contribution < -0.4 is 10.1 Å². The first-order valence-corrected chi connectivity index (χ1v) is 8.47. The Labute approximate surface area is 139 Å². The van der Waals surface area contributed by atoms with Crippen molar-refractivity contribution < 1.29 is 14.6 Å². The lowest BCUT2D eigenvalue weighted by Crippen LogP contribution is -2.54. The van der Waals surface area contributed by atoms with Crippen molar-refractivity contribution in [3.63, 3.8) is 0 Å². The van der Waals surface area contributed by atoms with Crippen LogP contribution in [0.15, 0.2) is 18.2 Å². The van der Waals surface area contributed by atoms with Gasteiger partial charge in [-0.05, 0) is 62.6 Å². The van der Waals surface area contributed by atoms with Crippen molar-refractivity contribution in [2.45, 2.75) is 65.0 Å². The van der Waals surface area contributed by atoms with Gasteiger partial charge in [-0.25, -0.2) is 0 Å². The Balaban J connectivity index is 2.08. The number of amides is 1. The van der Waals surface area contributed by atoms with Crippen LogP contribution in [0.1, 0.15) is 57.6 Å². The Kier molecular flexibility index (Phi) is 5.35. The van der Waals surface area contributed by atoms with Gasteiger partial charge in [-0.15, -0.1) is 0 Å². The summed E-state index contributed by atoms with van der Waals surface area (Å²) in [6.07, 6.45) is 1.52. The summed E-state index contributed by atoms with van der Waals surface area (Å²) in [7, 11) is 0. The quantitative estimate of drug-likeness (QED) is 0.811. The highest BCUT2D eigenvalue weighted by atomic mass is 16.5. The van der Waals surface area contributed by atoms with Crippen LogP contribution in [0, 0.1) is 12.8 Å². The van der Waals surface area contributed by atoms with E-state index in [4.69, 9.17) is 4.74 Å². The maximum absolute atomic E-state index is 12.5. The Bertz CT molecular complexity index is 566. The molecule has 1 aromatic rings. The first-order valence-electron chi connectivity index (χ1n) is 8.47. The molecule has 128 valence electrons. The molecule has 0 aromatic heterocycles. The van der Waals surface area contributed by atoms with Crippen LogP contribution in [0.4, 0.5) is 0 Å². The van der Waals surface area contributed by atoms with E-state index in [1.165, 1.54) is 0 Å². The molecule has 0 heterocycles. The first-order chi connectivity index (χ1) is 10.8. The van der Waals surface area contributed by atoms with Gasteiger partial charge < -0.3 is 15.2 Å². The van der Waals surface area contributed by atoms with E-state index in [-0.39, 0.29) is 12.5 Å². The first kappa shape index (κ1) is 17.8. The lowest BCUT2D eigenvalue weighted by molar-refractivity contribution is -0.130. The highest BCUT2D eigenvalue weighted by molar-refractivity contribution is 5.81. The van der Waals surface area contributed by atoms with Crippen LogP contribution in [0.2, 0.25) is 0 Å². The molecule has 0 radical (unpaired) electrons. The van der Waals surface area contributed by atoms with Crippen molar-refractivity contribution in [2.24, 2.45) is 5.92 Å². The summed E-state index contributed by atoms with van der Waals surface area (Å²) in [6.45, 7) is 9.85. The largest absolute Gasteiger partial charge is 0.481 e. The number of benzene rings is 1. The highest BCUT2D eigenvalue weighted by Gasteiger charge is 2.42. The molecule has 1 aromatic carbocycles. The fourth-order valence-corrected chi connectivity index (χ4v) is 2.84. The molecule has 0 aliphatic heterocycles. The number of ether oxygens (including phenoxy) is 1. The van der Waals surface area contributed by atoms with E-state index < -0.39 is 11.6 Å². The molecule has 0 saturated heterocycles. The third-order valence-corrected chi connectivity index (χ3v) is 4.68. The minimum Gasteiger partial charge on any atom is -0.481 e. The predicted octanol–water partition coefficient (Wildman–Crippen LogP) is 3.16. The SMILES string of the molecule is Cc1ccc(C(C)C)c(OC(C)C(=O)NC(C)(CO)C2CC2)c1. The van der Waals surface area contributed by atoms with Gasteiger partial charge in [-0.2, -0.15) is 0 Å². The second kappa shape index (κ2) is 6.91. The van der Waals surface area contributed by atoms with Gasteiger partial charge in [-0.3, -0.25) is 4.79 Å². The van der Waals surface area contributed by atoms with Gasteiger partial charge >= 0.3 is 0 Å². The van der Waals surface area contributed by atoms with Crippen LogP contribution in [-0.2, 0) is 4.79 Å².